The molecule has 0 bridgehead atoms. The summed E-state index contributed by atoms with van der Waals surface area (Å²) in [5, 5.41) is 11.8. The molecule has 0 radical (unpaired) electrons. The molecule has 20 heavy (non-hydrogen) atoms. The standard InChI is InChI=1S/C14H23ClN2O3/c1-10-11(8-15)7-12(20-10)13(19)16-9-14(2,3)17(4)5-6-18/h7,18H,5-6,8-9H2,1-4H3,(H,16,19). The Kier molecular flexibility index (Phi) is 6.05. The van der Waals surface area contributed by atoms with E-state index in [0.29, 0.717) is 24.7 Å². The van der Waals surface area contributed by atoms with E-state index in [1.54, 1.807) is 13.0 Å². The molecule has 1 aromatic rings. The first-order valence-corrected chi connectivity index (χ1v) is 7.11. The minimum absolute atomic E-state index is 0.0876. The van der Waals surface area contributed by atoms with E-state index < -0.39 is 0 Å². The van der Waals surface area contributed by atoms with Crippen molar-refractivity contribution in [2.45, 2.75) is 32.2 Å². The van der Waals surface area contributed by atoms with Gasteiger partial charge in [-0.25, -0.2) is 0 Å². The number of carbonyl (C=O) groups excluding carboxylic acids is 1. The number of carbonyl (C=O) groups is 1. The number of nitrogens with one attached hydrogen (secondary N) is 1. The quantitative estimate of drug-likeness (QED) is 0.753. The molecule has 2 N–H and O–H groups in total. The van der Waals surface area contributed by atoms with Crippen molar-refractivity contribution in [3.05, 3.63) is 23.2 Å². The Hall–Kier alpha value is -1.04. The van der Waals surface area contributed by atoms with E-state index in [1.807, 2.05) is 25.8 Å². The number of aryl methyl sites for hydroxylation is 1. The molecule has 1 amide bonds. The molecule has 0 saturated heterocycles. The van der Waals surface area contributed by atoms with Crippen molar-refractivity contribution in [1.29, 1.82) is 0 Å². The zero-order valence-electron chi connectivity index (χ0n) is 12.5. The first-order chi connectivity index (χ1) is 9.31. The molecule has 0 aliphatic carbocycles. The molecule has 6 heteroatoms. The average molecular weight is 303 g/mol. The van der Waals surface area contributed by atoms with Gasteiger partial charge in [0.25, 0.3) is 5.91 Å². The van der Waals surface area contributed by atoms with Crippen LogP contribution in [0.1, 0.15) is 35.7 Å². The number of likely N-dealkylation sites (N-methyl/N-ethyl adjacent to an activating group) is 1. The fourth-order valence-electron chi connectivity index (χ4n) is 1.74. The number of amides is 1. The Labute approximate surface area is 124 Å². The molecular formula is C14H23ClN2O3. The van der Waals surface area contributed by atoms with Crippen molar-refractivity contribution in [3.63, 3.8) is 0 Å². The van der Waals surface area contributed by atoms with Crippen molar-refractivity contribution >= 4 is 17.5 Å². The molecule has 0 aliphatic rings. The first-order valence-electron chi connectivity index (χ1n) is 6.57. The van der Waals surface area contributed by atoms with Gasteiger partial charge in [0.1, 0.15) is 5.76 Å². The molecule has 1 rings (SSSR count). The number of furan rings is 1. The summed E-state index contributed by atoms with van der Waals surface area (Å²) in [7, 11) is 1.91. The van der Waals surface area contributed by atoms with E-state index in [0.717, 1.165) is 5.56 Å². The second kappa shape index (κ2) is 7.11. The Balaban J connectivity index is 2.62. The maximum absolute atomic E-state index is 12.0. The second-order valence-corrected chi connectivity index (χ2v) is 5.73. The number of aliphatic hydroxyl groups is 1. The lowest BCUT2D eigenvalue weighted by Crippen LogP contribution is -2.50. The van der Waals surface area contributed by atoms with Gasteiger partial charge in [-0.2, -0.15) is 0 Å². The third-order valence-corrected chi connectivity index (χ3v) is 3.83. The lowest BCUT2D eigenvalue weighted by atomic mass is 10.0. The fraction of sp³-hybridized carbons (Fsp3) is 0.643. The monoisotopic (exact) mass is 302 g/mol. The molecule has 5 nitrogen and oxygen atoms in total. The van der Waals surface area contributed by atoms with Crippen LogP contribution in [-0.2, 0) is 5.88 Å². The lowest BCUT2D eigenvalue weighted by Gasteiger charge is -2.35. The largest absolute Gasteiger partial charge is 0.456 e. The van der Waals surface area contributed by atoms with Crippen LogP contribution in [0.25, 0.3) is 0 Å². The third-order valence-electron chi connectivity index (χ3n) is 3.54. The van der Waals surface area contributed by atoms with Crippen molar-refractivity contribution in [1.82, 2.24) is 10.2 Å². The zero-order chi connectivity index (χ0) is 15.3. The summed E-state index contributed by atoms with van der Waals surface area (Å²) in [6, 6.07) is 1.67. The summed E-state index contributed by atoms with van der Waals surface area (Å²) in [5.41, 5.74) is 0.573. The van der Waals surface area contributed by atoms with Gasteiger partial charge in [0.05, 0.1) is 12.5 Å². The summed E-state index contributed by atoms with van der Waals surface area (Å²) in [6.45, 7) is 6.89. The Morgan fingerprint density at radius 3 is 2.70 bits per heavy atom. The van der Waals surface area contributed by atoms with Crippen molar-refractivity contribution in [3.8, 4) is 0 Å². The van der Waals surface area contributed by atoms with Gasteiger partial charge in [0, 0.05) is 24.2 Å². The van der Waals surface area contributed by atoms with Crippen LogP contribution < -0.4 is 5.32 Å². The van der Waals surface area contributed by atoms with Gasteiger partial charge in [-0.3, -0.25) is 9.69 Å². The number of hydrogen-bond donors (Lipinski definition) is 2. The van der Waals surface area contributed by atoms with Crippen LogP contribution in [0.4, 0.5) is 0 Å². The summed E-state index contributed by atoms with van der Waals surface area (Å²) in [5.74, 6) is 1.02. The normalized spacial score (nSPS) is 11.9. The maximum atomic E-state index is 12.0. The lowest BCUT2D eigenvalue weighted by molar-refractivity contribution is 0.0854. The van der Waals surface area contributed by atoms with E-state index in [-0.39, 0.29) is 23.8 Å². The number of rotatable bonds is 7. The molecule has 0 fully saturated rings. The minimum Gasteiger partial charge on any atom is -0.456 e. The first kappa shape index (κ1) is 17.0. The van der Waals surface area contributed by atoms with Crippen LogP contribution >= 0.6 is 11.6 Å². The van der Waals surface area contributed by atoms with Gasteiger partial charge < -0.3 is 14.8 Å². The molecule has 1 aromatic heterocycles. The third kappa shape index (κ3) is 4.23. The van der Waals surface area contributed by atoms with E-state index in [9.17, 15) is 4.79 Å². The van der Waals surface area contributed by atoms with Crippen molar-refractivity contribution in [2.75, 3.05) is 26.7 Å². The number of hydrogen-bond acceptors (Lipinski definition) is 4. The summed E-state index contributed by atoms with van der Waals surface area (Å²) < 4.78 is 5.39. The average Bonchev–Trinajstić information content (AvgIpc) is 2.77. The minimum atomic E-state index is -0.255. The molecule has 0 unspecified atom stereocenters. The highest BCUT2D eigenvalue weighted by atomic mass is 35.5. The predicted molar refractivity (Wildman–Crippen MR) is 79.1 cm³/mol. The molecule has 114 valence electrons. The van der Waals surface area contributed by atoms with E-state index in [1.165, 1.54) is 0 Å². The summed E-state index contributed by atoms with van der Waals surface area (Å²) >= 11 is 5.75. The van der Waals surface area contributed by atoms with Crippen molar-refractivity contribution < 1.29 is 14.3 Å². The van der Waals surface area contributed by atoms with Crippen LogP contribution in [0.5, 0.6) is 0 Å². The molecule has 0 aliphatic heterocycles. The summed E-state index contributed by atoms with van der Waals surface area (Å²) in [6.07, 6.45) is 0. The molecule has 0 saturated carbocycles. The van der Waals surface area contributed by atoms with E-state index in [2.05, 4.69) is 5.32 Å². The van der Waals surface area contributed by atoms with Crippen LogP contribution in [-0.4, -0.2) is 48.2 Å². The fourth-order valence-corrected chi connectivity index (χ4v) is 2.00. The molecule has 0 spiro atoms. The van der Waals surface area contributed by atoms with Gasteiger partial charge >= 0.3 is 0 Å². The SMILES string of the molecule is Cc1oc(C(=O)NCC(C)(C)N(C)CCO)cc1CCl. The predicted octanol–water partition coefficient (Wildman–Crippen LogP) is 1.76. The van der Waals surface area contributed by atoms with Gasteiger partial charge in [0.2, 0.25) is 0 Å². The van der Waals surface area contributed by atoms with Crippen LogP contribution in [0.2, 0.25) is 0 Å². The number of halogens is 1. The molecule has 0 atom stereocenters. The smallest absolute Gasteiger partial charge is 0.287 e. The highest BCUT2D eigenvalue weighted by Gasteiger charge is 2.24. The van der Waals surface area contributed by atoms with Gasteiger partial charge in [-0.1, -0.05) is 0 Å². The van der Waals surface area contributed by atoms with E-state index in [4.69, 9.17) is 21.1 Å². The van der Waals surface area contributed by atoms with E-state index >= 15 is 0 Å². The number of nitrogens with zero attached hydrogens (tertiary/aromatic N) is 1. The van der Waals surface area contributed by atoms with Crippen LogP contribution in [0.15, 0.2) is 10.5 Å². The molecular weight excluding hydrogens is 280 g/mol. The highest BCUT2D eigenvalue weighted by molar-refractivity contribution is 6.17. The summed E-state index contributed by atoms with van der Waals surface area (Å²) in [4.78, 5) is 14.0. The maximum Gasteiger partial charge on any atom is 0.287 e. The number of aliphatic hydroxyl groups excluding tert-OH is 1. The van der Waals surface area contributed by atoms with Gasteiger partial charge in [0.15, 0.2) is 5.76 Å². The van der Waals surface area contributed by atoms with Crippen LogP contribution in [0.3, 0.4) is 0 Å². The number of β-amino-alcohol motifs (C(OH)–C–C–N with tert-alkyl or cyclic N) is 1. The number of alkyl halides is 1. The van der Waals surface area contributed by atoms with Crippen molar-refractivity contribution in [2.24, 2.45) is 0 Å². The van der Waals surface area contributed by atoms with Gasteiger partial charge in [-0.05, 0) is 33.9 Å². The van der Waals surface area contributed by atoms with Gasteiger partial charge in [-0.15, -0.1) is 11.6 Å². The highest BCUT2D eigenvalue weighted by Crippen LogP contribution is 2.17. The molecule has 0 aromatic carbocycles. The Morgan fingerprint density at radius 2 is 2.20 bits per heavy atom. The van der Waals surface area contributed by atoms with Crippen LogP contribution in [0, 0.1) is 6.92 Å². The Morgan fingerprint density at radius 1 is 1.55 bits per heavy atom. The topological polar surface area (TPSA) is 65.7 Å². The zero-order valence-corrected chi connectivity index (χ0v) is 13.3. The molecule has 1 heterocycles. The second-order valence-electron chi connectivity index (χ2n) is 5.47. The Bertz CT molecular complexity index is 457.